The van der Waals surface area contributed by atoms with E-state index in [0.29, 0.717) is 6.04 Å². The van der Waals surface area contributed by atoms with Crippen molar-refractivity contribution >= 4 is 22.1 Å². The van der Waals surface area contributed by atoms with E-state index in [4.69, 9.17) is 0 Å². The lowest BCUT2D eigenvalue weighted by atomic mass is 10.0. The summed E-state index contributed by atoms with van der Waals surface area (Å²) in [5, 5.41) is 2.56. The van der Waals surface area contributed by atoms with Crippen molar-refractivity contribution in [2.45, 2.75) is 33.7 Å². The van der Waals surface area contributed by atoms with Gasteiger partial charge in [-0.3, -0.25) is 0 Å². The molecule has 0 aliphatic carbocycles. The van der Waals surface area contributed by atoms with Crippen molar-refractivity contribution in [2.24, 2.45) is 0 Å². The number of benzene rings is 4. The highest BCUT2D eigenvalue weighted by molar-refractivity contribution is 5.87. The van der Waals surface area contributed by atoms with Crippen molar-refractivity contribution < 1.29 is 0 Å². The summed E-state index contributed by atoms with van der Waals surface area (Å²) in [6, 6.07) is 31.3. The predicted molar refractivity (Wildman–Crippen MR) is 123 cm³/mol. The van der Waals surface area contributed by atoms with Crippen LogP contribution in [0.4, 0.5) is 11.4 Å². The molecule has 0 saturated heterocycles. The Bertz CT molecular complexity index is 1090. The summed E-state index contributed by atoms with van der Waals surface area (Å²) in [5.74, 6) is 0. The highest BCUT2D eigenvalue weighted by Gasteiger charge is 2.14. The average molecular weight is 366 g/mol. The summed E-state index contributed by atoms with van der Waals surface area (Å²) in [7, 11) is 0. The van der Waals surface area contributed by atoms with Gasteiger partial charge in [0.1, 0.15) is 0 Å². The van der Waals surface area contributed by atoms with E-state index in [1.54, 1.807) is 0 Å². The smallest absolute Gasteiger partial charge is 0.0418 e. The molecule has 0 radical (unpaired) electrons. The van der Waals surface area contributed by atoms with Gasteiger partial charge in [-0.25, -0.2) is 0 Å². The Morgan fingerprint density at radius 3 is 1.82 bits per heavy atom. The van der Waals surface area contributed by atoms with Gasteiger partial charge in [0, 0.05) is 17.4 Å². The van der Waals surface area contributed by atoms with Crippen molar-refractivity contribution in [3.63, 3.8) is 0 Å². The van der Waals surface area contributed by atoms with Gasteiger partial charge in [0.15, 0.2) is 0 Å². The second-order valence-corrected chi connectivity index (χ2v) is 7.92. The monoisotopic (exact) mass is 365 g/mol. The van der Waals surface area contributed by atoms with Crippen LogP contribution in [-0.4, -0.2) is 6.04 Å². The van der Waals surface area contributed by atoms with Gasteiger partial charge in [-0.2, -0.15) is 0 Å². The molecule has 0 unspecified atom stereocenters. The summed E-state index contributed by atoms with van der Waals surface area (Å²) in [6.07, 6.45) is 0. The first-order valence-corrected chi connectivity index (χ1v) is 9.98. The lowest BCUT2D eigenvalue weighted by Crippen LogP contribution is -2.25. The van der Waals surface area contributed by atoms with Crippen molar-refractivity contribution in [1.29, 1.82) is 0 Å². The Morgan fingerprint density at radius 1 is 0.571 bits per heavy atom. The van der Waals surface area contributed by atoms with Crippen molar-refractivity contribution in [2.75, 3.05) is 4.90 Å². The minimum atomic E-state index is 0.382. The number of fused-ring (bicyclic) bond motifs is 1. The van der Waals surface area contributed by atoms with Crippen LogP contribution in [0.15, 0.2) is 84.9 Å². The van der Waals surface area contributed by atoms with Crippen molar-refractivity contribution in [3.05, 3.63) is 96.1 Å². The normalized spacial score (nSPS) is 11.2. The van der Waals surface area contributed by atoms with Crippen LogP contribution in [0.2, 0.25) is 0 Å². The molecule has 0 heterocycles. The fraction of sp³-hybridized carbons (Fsp3) is 0.185. The number of hydrogen-bond donors (Lipinski definition) is 0. The summed E-state index contributed by atoms with van der Waals surface area (Å²) in [6.45, 7) is 8.82. The fourth-order valence-electron chi connectivity index (χ4n) is 4.02. The van der Waals surface area contributed by atoms with E-state index in [1.807, 2.05) is 0 Å². The Kier molecular flexibility index (Phi) is 4.92. The van der Waals surface area contributed by atoms with E-state index in [1.165, 1.54) is 44.4 Å². The highest BCUT2D eigenvalue weighted by atomic mass is 15.2. The van der Waals surface area contributed by atoms with E-state index in [-0.39, 0.29) is 0 Å². The number of nitrogens with zero attached hydrogens (tertiary/aromatic N) is 1. The Labute approximate surface area is 168 Å². The first-order chi connectivity index (χ1) is 13.5. The molecule has 28 heavy (non-hydrogen) atoms. The standard InChI is InChI=1S/C27H27N/c1-19(2)28(27-16-20(3)15-21(4)17-27)26-13-11-23(12-14-26)25-10-9-22-7-5-6-8-24(22)18-25/h5-19H,1-4H3. The Balaban J connectivity index is 1.70. The van der Waals surface area contributed by atoms with Gasteiger partial charge >= 0.3 is 0 Å². The van der Waals surface area contributed by atoms with E-state index in [0.717, 1.165) is 0 Å². The van der Waals surface area contributed by atoms with Crippen LogP contribution in [0.3, 0.4) is 0 Å². The molecule has 0 fully saturated rings. The third kappa shape index (κ3) is 3.66. The average Bonchev–Trinajstić information content (AvgIpc) is 2.67. The second-order valence-electron chi connectivity index (χ2n) is 7.92. The topological polar surface area (TPSA) is 3.24 Å². The molecule has 0 atom stereocenters. The summed E-state index contributed by atoms with van der Waals surface area (Å²) >= 11 is 0. The molecule has 0 aromatic heterocycles. The molecule has 0 N–H and O–H groups in total. The van der Waals surface area contributed by atoms with Gasteiger partial charge in [0.25, 0.3) is 0 Å². The van der Waals surface area contributed by atoms with E-state index in [2.05, 4.69) is 118 Å². The van der Waals surface area contributed by atoms with E-state index in [9.17, 15) is 0 Å². The zero-order valence-corrected chi connectivity index (χ0v) is 17.1. The number of rotatable bonds is 4. The Morgan fingerprint density at radius 2 is 1.18 bits per heavy atom. The van der Waals surface area contributed by atoms with Crippen molar-refractivity contribution in [3.8, 4) is 11.1 Å². The SMILES string of the molecule is Cc1cc(C)cc(N(c2ccc(-c3ccc4ccccc4c3)cc2)C(C)C)c1. The second kappa shape index (κ2) is 7.52. The maximum absolute atomic E-state index is 2.41. The van der Waals surface area contributed by atoms with Crippen LogP contribution in [-0.2, 0) is 0 Å². The van der Waals surface area contributed by atoms with Crippen LogP contribution >= 0.6 is 0 Å². The number of hydrogen-bond acceptors (Lipinski definition) is 1. The van der Waals surface area contributed by atoms with Gasteiger partial charge in [-0.1, -0.05) is 54.6 Å². The third-order valence-corrected chi connectivity index (χ3v) is 5.23. The predicted octanol–water partition coefficient (Wildman–Crippen LogP) is 7.67. The maximum Gasteiger partial charge on any atom is 0.0418 e. The molecular formula is C27H27N. The molecule has 4 aromatic carbocycles. The van der Waals surface area contributed by atoms with Crippen LogP contribution in [0.25, 0.3) is 21.9 Å². The Hall–Kier alpha value is -3.06. The molecule has 4 aromatic rings. The summed E-state index contributed by atoms with van der Waals surface area (Å²) < 4.78 is 0. The van der Waals surface area contributed by atoms with E-state index >= 15 is 0 Å². The van der Waals surface area contributed by atoms with Crippen LogP contribution in [0.1, 0.15) is 25.0 Å². The fourth-order valence-corrected chi connectivity index (χ4v) is 4.02. The number of aryl methyl sites for hydroxylation is 2. The van der Waals surface area contributed by atoms with Crippen LogP contribution in [0, 0.1) is 13.8 Å². The van der Waals surface area contributed by atoms with Gasteiger partial charge < -0.3 is 4.90 Å². The lowest BCUT2D eigenvalue weighted by Gasteiger charge is -2.30. The molecule has 0 aliphatic heterocycles. The molecule has 4 rings (SSSR count). The zero-order chi connectivity index (χ0) is 19.7. The van der Waals surface area contributed by atoms with Gasteiger partial charge in [-0.15, -0.1) is 0 Å². The third-order valence-electron chi connectivity index (χ3n) is 5.23. The molecule has 0 amide bonds. The van der Waals surface area contributed by atoms with Crippen LogP contribution in [0.5, 0.6) is 0 Å². The van der Waals surface area contributed by atoms with Crippen LogP contribution < -0.4 is 4.90 Å². The van der Waals surface area contributed by atoms with Crippen molar-refractivity contribution in [1.82, 2.24) is 0 Å². The molecule has 140 valence electrons. The maximum atomic E-state index is 2.41. The molecule has 0 saturated carbocycles. The minimum absolute atomic E-state index is 0.382. The molecule has 0 aliphatic rings. The molecule has 1 heteroatoms. The van der Waals surface area contributed by atoms with Gasteiger partial charge in [0.2, 0.25) is 0 Å². The van der Waals surface area contributed by atoms with E-state index < -0.39 is 0 Å². The summed E-state index contributed by atoms with van der Waals surface area (Å²) in [4.78, 5) is 2.41. The number of anilines is 2. The largest absolute Gasteiger partial charge is 0.339 e. The quantitative estimate of drug-likeness (QED) is 0.358. The molecule has 1 nitrogen and oxygen atoms in total. The molecular weight excluding hydrogens is 338 g/mol. The van der Waals surface area contributed by atoms with Gasteiger partial charge in [0.05, 0.1) is 0 Å². The summed E-state index contributed by atoms with van der Waals surface area (Å²) in [5.41, 5.74) is 7.59. The minimum Gasteiger partial charge on any atom is -0.339 e. The molecule has 0 bridgehead atoms. The molecule has 0 spiro atoms. The first kappa shape index (κ1) is 18.3. The highest BCUT2D eigenvalue weighted by Crippen LogP contribution is 2.32. The van der Waals surface area contributed by atoms with Gasteiger partial charge in [-0.05, 0) is 91.1 Å². The lowest BCUT2D eigenvalue weighted by molar-refractivity contribution is 0.788. The first-order valence-electron chi connectivity index (χ1n) is 9.98. The zero-order valence-electron chi connectivity index (χ0n) is 17.1.